The molecule has 1 saturated heterocycles. The maximum atomic E-state index is 10.9. The molecule has 0 aromatic carbocycles. The minimum absolute atomic E-state index is 0.136. The standard InChI is InChI=1S/C8H12N4OS/c1-5-10-8(14-12-5)11-6-2-3-7(13)9-4-6/h6H,2-4H2,1H3,(H,9,13)(H,10,11,12). The van der Waals surface area contributed by atoms with Crippen molar-refractivity contribution in [2.24, 2.45) is 0 Å². The smallest absolute Gasteiger partial charge is 0.220 e. The van der Waals surface area contributed by atoms with Gasteiger partial charge < -0.3 is 10.6 Å². The first-order valence-electron chi connectivity index (χ1n) is 4.57. The molecule has 1 aliphatic rings. The molecule has 0 radical (unpaired) electrons. The summed E-state index contributed by atoms with van der Waals surface area (Å²) in [5.74, 6) is 0.925. The SMILES string of the molecule is Cc1nsc(NC2CCC(=O)NC2)n1. The second-order valence-corrected chi connectivity index (χ2v) is 4.08. The summed E-state index contributed by atoms with van der Waals surface area (Å²) in [4.78, 5) is 15.1. The molecule has 0 saturated carbocycles. The number of nitrogens with one attached hydrogen (secondary N) is 2. The van der Waals surface area contributed by atoms with Crippen LogP contribution in [-0.4, -0.2) is 27.9 Å². The lowest BCUT2D eigenvalue weighted by molar-refractivity contribution is -0.122. The van der Waals surface area contributed by atoms with Gasteiger partial charge in [-0.2, -0.15) is 4.37 Å². The van der Waals surface area contributed by atoms with Gasteiger partial charge in [0.1, 0.15) is 5.82 Å². The zero-order valence-corrected chi connectivity index (χ0v) is 8.73. The van der Waals surface area contributed by atoms with Crippen LogP contribution in [-0.2, 0) is 4.79 Å². The summed E-state index contributed by atoms with van der Waals surface area (Å²) in [5.41, 5.74) is 0. The van der Waals surface area contributed by atoms with E-state index >= 15 is 0 Å². The van der Waals surface area contributed by atoms with Crippen molar-refractivity contribution >= 4 is 22.6 Å². The van der Waals surface area contributed by atoms with Crippen molar-refractivity contribution in [1.82, 2.24) is 14.7 Å². The summed E-state index contributed by atoms with van der Waals surface area (Å²) in [5, 5.41) is 6.90. The van der Waals surface area contributed by atoms with Crippen LogP contribution in [0.2, 0.25) is 0 Å². The van der Waals surface area contributed by atoms with Crippen molar-refractivity contribution < 1.29 is 4.79 Å². The van der Waals surface area contributed by atoms with Crippen molar-refractivity contribution in [2.45, 2.75) is 25.8 Å². The molecule has 76 valence electrons. The molecule has 0 aliphatic carbocycles. The Labute approximate surface area is 86.1 Å². The van der Waals surface area contributed by atoms with E-state index in [1.54, 1.807) is 0 Å². The largest absolute Gasteiger partial charge is 0.356 e. The Kier molecular flexibility index (Phi) is 2.62. The predicted octanol–water partition coefficient (Wildman–Crippen LogP) is 0.537. The van der Waals surface area contributed by atoms with Crippen LogP contribution in [0.15, 0.2) is 0 Å². The van der Waals surface area contributed by atoms with Gasteiger partial charge in [0.25, 0.3) is 0 Å². The number of amides is 1. The zero-order valence-electron chi connectivity index (χ0n) is 7.91. The van der Waals surface area contributed by atoms with Gasteiger partial charge in [-0.1, -0.05) is 0 Å². The Morgan fingerprint density at radius 2 is 2.50 bits per heavy atom. The molecule has 0 spiro atoms. The van der Waals surface area contributed by atoms with Crippen LogP contribution in [0.4, 0.5) is 5.13 Å². The van der Waals surface area contributed by atoms with E-state index in [4.69, 9.17) is 0 Å². The number of anilines is 1. The number of nitrogens with zero attached hydrogens (tertiary/aromatic N) is 2. The van der Waals surface area contributed by atoms with Gasteiger partial charge in [-0.05, 0) is 13.3 Å². The molecule has 5 nitrogen and oxygen atoms in total. The quantitative estimate of drug-likeness (QED) is 0.750. The van der Waals surface area contributed by atoms with E-state index in [1.807, 2.05) is 6.92 Å². The van der Waals surface area contributed by atoms with Crippen LogP contribution in [0.5, 0.6) is 0 Å². The molecule has 6 heteroatoms. The number of carbonyl (C=O) groups is 1. The molecule has 1 unspecified atom stereocenters. The molecule has 2 N–H and O–H groups in total. The third kappa shape index (κ3) is 2.20. The Morgan fingerprint density at radius 3 is 3.07 bits per heavy atom. The van der Waals surface area contributed by atoms with Crippen molar-refractivity contribution in [2.75, 3.05) is 11.9 Å². The van der Waals surface area contributed by atoms with Crippen molar-refractivity contribution in [3.63, 3.8) is 0 Å². The lowest BCUT2D eigenvalue weighted by Crippen LogP contribution is -2.41. The fourth-order valence-electron chi connectivity index (χ4n) is 1.39. The normalized spacial score (nSPS) is 21.8. The summed E-state index contributed by atoms with van der Waals surface area (Å²) in [6.45, 7) is 2.54. The fourth-order valence-corrected chi connectivity index (χ4v) is 2.04. The molecule has 1 aliphatic heterocycles. The molecule has 2 heterocycles. The average molecular weight is 212 g/mol. The lowest BCUT2D eigenvalue weighted by atomic mass is 10.1. The predicted molar refractivity (Wildman–Crippen MR) is 54.3 cm³/mol. The average Bonchev–Trinajstić information content (AvgIpc) is 2.56. The van der Waals surface area contributed by atoms with Crippen molar-refractivity contribution in [3.05, 3.63) is 5.82 Å². The Hall–Kier alpha value is -1.17. The summed E-state index contributed by atoms with van der Waals surface area (Å²) in [6, 6.07) is 0.292. The van der Waals surface area contributed by atoms with Crippen molar-refractivity contribution in [3.8, 4) is 0 Å². The minimum atomic E-state index is 0.136. The monoisotopic (exact) mass is 212 g/mol. The van der Waals surface area contributed by atoms with Gasteiger partial charge in [0.05, 0.1) is 0 Å². The lowest BCUT2D eigenvalue weighted by Gasteiger charge is -2.22. The number of rotatable bonds is 2. The van der Waals surface area contributed by atoms with Crippen LogP contribution < -0.4 is 10.6 Å². The first-order chi connectivity index (χ1) is 6.74. The Bertz CT molecular complexity index is 328. The van der Waals surface area contributed by atoms with Gasteiger partial charge in [-0.15, -0.1) is 0 Å². The van der Waals surface area contributed by atoms with Crippen LogP contribution in [0, 0.1) is 6.92 Å². The molecule has 0 bridgehead atoms. The fraction of sp³-hybridized carbons (Fsp3) is 0.625. The van der Waals surface area contributed by atoms with Crippen LogP contribution in [0.25, 0.3) is 0 Å². The first-order valence-corrected chi connectivity index (χ1v) is 5.35. The zero-order chi connectivity index (χ0) is 9.97. The Balaban J connectivity index is 1.89. The highest BCUT2D eigenvalue weighted by Crippen LogP contribution is 2.14. The van der Waals surface area contributed by atoms with Gasteiger partial charge in [0.15, 0.2) is 0 Å². The third-order valence-electron chi connectivity index (χ3n) is 2.12. The third-order valence-corrected chi connectivity index (χ3v) is 2.86. The molecule has 14 heavy (non-hydrogen) atoms. The maximum Gasteiger partial charge on any atom is 0.220 e. The number of aromatic nitrogens is 2. The van der Waals surface area contributed by atoms with Gasteiger partial charge >= 0.3 is 0 Å². The van der Waals surface area contributed by atoms with Gasteiger partial charge in [-0.3, -0.25) is 4.79 Å². The summed E-state index contributed by atoms with van der Waals surface area (Å²) < 4.78 is 4.08. The Morgan fingerprint density at radius 1 is 1.64 bits per heavy atom. The second kappa shape index (κ2) is 3.91. The highest BCUT2D eigenvalue weighted by molar-refractivity contribution is 7.09. The van der Waals surface area contributed by atoms with E-state index in [1.165, 1.54) is 11.5 Å². The van der Waals surface area contributed by atoms with E-state index in [0.29, 0.717) is 19.0 Å². The van der Waals surface area contributed by atoms with Crippen molar-refractivity contribution in [1.29, 1.82) is 0 Å². The van der Waals surface area contributed by atoms with Crippen LogP contribution in [0.1, 0.15) is 18.7 Å². The van der Waals surface area contributed by atoms with Gasteiger partial charge in [-0.25, -0.2) is 4.98 Å². The molecular weight excluding hydrogens is 200 g/mol. The highest BCUT2D eigenvalue weighted by atomic mass is 32.1. The molecule has 1 amide bonds. The minimum Gasteiger partial charge on any atom is -0.356 e. The molecular formula is C8H12N4OS. The van der Waals surface area contributed by atoms with E-state index < -0.39 is 0 Å². The van der Waals surface area contributed by atoms with Crippen LogP contribution >= 0.6 is 11.5 Å². The van der Waals surface area contributed by atoms with Gasteiger partial charge in [0.2, 0.25) is 11.0 Å². The number of hydrogen-bond acceptors (Lipinski definition) is 5. The number of piperidine rings is 1. The summed E-state index contributed by atoms with van der Waals surface area (Å²) in [7, 11) is 0. The number of aryl methyl sites for hydroxylation is 1. The van der Waals surface area contributed by atoms with Crippen LogP contribution in [0.3, 0.4) is 0 Å². The van der Waals surface area contributed by atoms with E-state index in [0.717, 1.165) is 17.4 Å². The molecule has 2 rings (SSSR count). The summed E-state index contributed by atoms with van der Waals surface area (Å²) >= 11 is 1.36. The molecule has 1 fully saturated rings. The van der Waals surface area contributed by atoms with E-state index in [-0.39, 0.29) is 5.91 Å². The second-order valence-electron chi connectivity index (χ2n) is 3.33. The maximum absolute atomic E-state index is 10.9. The first kappa shape index (κ1) is 9.39. The topological polar surface area (TPSA) is 66.9 Å². The number of carbonyl (C=O) groups excluding carboxylic acids is 1. The van der Waals surface area contributed by atoms with E-state index in [9.17, 15) is 4.79 Å². The van der Waals surface area contributed by atoms with Gasteiger partial charge in [0, 0.05) is 30.5 Å². The molecule has 1 aromatic rings. The summed E-state index contributed by atoms with van der Waals surface area (Å²) in [6.07, 6.45) is 1.46. The number of hydrogen-bond donors (Lipinski definition) is 2. The molecule has 1 atom stereocenters. The molecule has 1 aromatic heterocycles. The highest BCUT2D eigenvalue weighted by Gasteiger charge is 2.18. The van der Waals surface area contributed by atoms with E-state index in [2.05, 4.69) is 20.0 Å².